The van der Waals surface area contributed by atoms with E-state index in [1.165, 1.54) is 21.9 Å². The minimum absolute atomic E-state index is 0.0242. The number of hydrogen-bond acceptors (Lipinski definition) is 7. The van der Waals surface area contributed by atoms with E-state index in [1.807, 2.05) is 13.0 Å². The van der Waals surface area contributed by atoms with Crippen LogP contribution < -0.4 is 14.5 Å². The number of carbonyl (C=O) groups is 4. The number of anilines is 2. The van der Waals surface area contributed by atoms with E-state index in [0.717, 1.165) is 5.57 Å². The van der Waals surface area contributed by atoms with E-state index in [1.54, 1.807) is 37.3 Å². The first-order chi connectivity index (χ1) is 17.6. The van der Waals surface area contributed by atoms with Gasteiger partial charge in [-0.1, -0.05) is 23.8 Å². The van der Waals surface area contributed by atoms with Crippen LogP contribution in [0.2, 0.25) is 0 Å². The van der Waals surface area contributed by atoms with Gasteiger partial charge in [-0.05, 0) is 44.9 Å². The molecule has 0 saturated carbocycles. The van der Waals surface area contributed by atoms with Crippen LogP contribution in [-0.4, -0.2) is 35.2 Å². The maximum Gasteiger partial charge on any atom is 0.316 e. The zero-order valence-corrected chi connectivity index (χ0v) is 20.4. The smallest absolute Gasteiger partial charge is 0.316 e. The summed E-state index contributed by atoms with van der Waals surface area (Å²) in [6.45, 7) is 3.58. The van der Waals surface area contributed by atoms with Crippen molar-refractivity contribution in [3.05, 3.63) is 69.8 Å². The summed E-state index contributed by atoms with van der Waals surface area (Å²) in [6, 6.07) is 10.7. The number of esters is 1. The van der Waals surface area contributed by atoms with Crippen LogP contribution in [0.1, 0.15) is 31.7 Å². The number of rotatable bonds is 5. The number of hydrogen-bond donors (Lipinski definition) is 0. The number of fused-ring (bicyclic) bond motifs is 1. The van der Waals surface area contributed by atoms with Gasteiger partial charge in [0.25, 0.3) is 5.69 Å². The third-order valence-corrected chi connectivity index (χ3v) is 7.28. The Kier molecular flexibility index (Phi) is 6.10. The first-order valence-electron chi connectivity index (χ1n) is 12.0. The molecular weight excluding hydrogens is 478 g/mol. The molecular formula is C27H25N3O7. The molecule has 2 aromatic carbocycles. The average Bonchev–Trinajstić information content (AvgIpc) is 3.36. The van der Waals surface area contributed by atoms with E-state index >= 15 is 0 Å². The molecule has 0 spiro atoms. The summed E-state index contributed by atoms with van der Waals surface area (Å²) in [7, 11) is 0. The first kappa shape index (κ1) is 24.4. The van der Waals surface area contributed by atoms with Crippen LogP contribution >= 0.6 is 0 Å². The number of amides is 3. The van der Waals surface area contributed by atoms with Crippen LogP contribution in [0.25, 0.3) is 0 Å². The molecule has 10 nitrogen and oxygen atoms in total. The SMILES string of the molecule is CC1=CC[C@@H]2C(=O)N(c3cccc(OC(=O)[C@@H]4CC(=O)N(c5ccc(C)c([N+](=O)[O-])c5)C4)c3)C(=O)[C@H]2C1. The van der Waals surface area contributed by atoms with Gasteiger partial charge in [0.05, 0.1) is 34.1 Å². The van der Waals surface area contributed by atoms with Crippen LogP contribution in [0, 0.1) is 34.8 Å². The number of ether oxygens (including phenoxy) is 1. The molecule has 3 aliphatic rings. The lowest BCUT2D eigenvalue weighted by atomic mass is 9.82. The van der Waals surface area contributed by atoms with Gasteiger partial charge in [0.2, 0.25) is 17.7 Å². The Morgan fingerprint density at radius 2 is 1.76 bits per heavy atom. The molecule has 3 amide bonds. The number of aryl methyl sites for hydroxylation is 1. The first-order valence-corrected chi connectivity index (χ1v) is 12.0. The van der Waals surface area contributed by atoms with Gasteiger partial charge in [-0.25, -0.2) is 4.90 Å². The fourth-order valence-corrected chi connectivity index (χ4v) is 5.25. The van der Waals surface area contributed by atoms with Crippen molar-refractivity contribution >= 4 is 40.8 Å². The van der Waals surface area contributed by atoms with Crippen molar-refractivity contribution < 1.29 is 28.8 Å². The third kappa shape index (κ3) is 4.39. The number of nitrogens with zero attached hydrogens (tertiary/aromatic N) is 3. The van der Waals surface area contributed by atoms with Crippen LogP contribution in [-0.2, 0) is 19.2 Å². The van der Waals surface area contributed by atoms with Gasteiger partial charge in [0.15, 0.2) is 0 Å². The van der Waals surface area contributed by atoms with E-state index < -0.39 is 16.8 Å². The monoisotopic (exact) mass is 503 g/mol. The molecule has 0 unspecified atom stereocenters. The molecule has 3 atom stereocenters. The Balaban J connectivity index is 1.29. The van der Waals surface area contributed by atoms with E-state index in [9.17, 15) is 29.3 Å². The summed E-state index contributed by atoms with van der Waals surface area (Å²) in [6.07, 6.45) is 2.98. The second kappa shape index (κ2) is 9.27. The summed E-state index contributed by atoms with van der Waals surface area (Å²) < 4.78 is 5.53. The van der Waals surface area contributed by atoms with Crippen molar-refractivity contribution in [3.8, 4) is 5.75 Å². The molecule has 1 aliphatic carbocycles. The standard InChI is InChI=1S/C27H25N3O7/c1-15-6-9-21-22(10-15)26(33)29(25(21)32)19-4-3-5-20(12-19)37-27(34)17-11-24(31)28(14-17)18-8-7-16(2)23(13-18)30(35)36/h3-8,12-13,17,21-22H,9-11,14H2,1-2H3/t17-,21+,22+/m1/s1. The number of imide groups is 1. The molecule has 0 aromatic heterocycles. The molecule has 2 heterocycles. The minimum Gasteiger partial charge on any atom is -0.426 e. The molecule has 0 radical (unpaired) electrons. The Labute approximate surface area is 212 Å². The van der Waals surface area contributed by atoms with Crippen molar-refractivity contribution in [3.63, 3.8) is 0 Å². The normalized spacial score (nSPS) is 23.2. The molecule has 2 fully saturated rings. The fourth-order valence-electron chi connectivity index (χ4n) is 5.25. The largest absolute Gasteiger partial charge is 0.426 e. The quantitative estimate of drug-likeness (QED) is 0.152. The van der Waals surface area contributed by atoms with Gasteiger partial charge in [-0.2, -0.15) is 0 Å². The second-order valence-electron chi connectivity index (χ2n) is 9.77. The summed E-state index contributed by atoms with van der Waals surface area (Å²) in [5, 5.41) is 11.3. The number of allylic oxidation sites excluding steroid dienone is 2. The highest BCUT2D eigenvalue weighted by atomic mass is 16.6. The van der Waals surface area contributed by atoms with Gasteiger partial charge < -0.3 is 9.64 Å². The Bertz CT molecular complexity index is 1380. The lowest BCUT2D eigenvalue weighted by Gasteiger charge is -2.18. The van der Waals surface area contributed by atoms with Gasteiger partial charge in [0.1, 0.15) is 5.75 Å². The summed E-state index contributed by atoms with van der Waals surface area (Å²) in [4.78, 5) is 64.8. The zero-order valence-electron chi connectivity index (χ0n) is 20.4. The molecule has 2 saturated heterocycles. The van der Waals surface area contributed by atoms with Crippen LogP contribution in [0.4, 0.5) is 17.1 Å². The second-order valence-corrected chi connectivity index (χ2v) is 9.77. The van der Waals surface area contributed by atoms with Crippen molar-refractivity contribution in [1.29, 1.82) is 0 Å². The van der Waals surface area contributed by atoms with Gasteiger partial charge in [-0.15, -0.1) is 0 Å². The topological polar surface area (TPSA) is 127 Å². The highest BCUT2D eigenvalue weighted by molar-refractivity contribution is 6.22. The molecule has 2 aromatic rings. The number of nitro benzene ring substituents is 1. The summed E-state index contributed by atoms with van der Waals surface area (Å²) in [5.41, 5.74) is 2.13. The van der Waals surface area contributed by atoms with Gasteiger partial charge >= 0.3 is 5.97 Å². The van der Waals surface area contributed by atoms with Crippen molar-refractivity contribution in [2.75, 3.05) is 16.3 Å². The predicted molar refractivity (Wildman–Crippen MR) is 133 cm³/mol. The molecule has 190 valence electrons. The highest BCUT2D eigenvalue weighted by Crippen LogP contribution is 2.40. The third-order valence-electron chi connectivity index (χ3n) is 7.28. The van der Waals surface area contributed by atoms with Crippen molar-refractivity contribution in [2.45, 2.75) is 33.1 Å². The Hall–Kier alpha value is -4.34. The van der Waals surface area contributed by atoms with E-state index in [0.29, 0.717) is 29.8 Å². The molecule has 37 heavy (non-hydrogen) atoms. The van der Waals surface area contributed by atoms with E-state index in [4.69, 9.17) is 4.74 Å². The van der Waals surface area contributed by atoms with Gasteiger partial charge in [-0.3, -0.25) is 29.3 Å². The maximum absolute atomic E-state index is 13.0. The number of carbonyl (C=O) groups excluding carboxylic acids is 4. The van der Waals surface area contributed by atoms with E-state index in [2.05, 4.69) is 0 Å². The predicted octanol–water partition coefficient (Wildman–Crippen LogP) is 3.71. The fraction of sp³-hybridized carbons (Fsp3) is 0.333. The maximum atomic E-state index is 13.0. The van der Waals surface area contributed by atoms with Crippen LogP contribution in [0.15, 0.2) is 54.1 Å². The Morgan fingerprint density at radius 1 is 1.00 bits per heavy atom. The highest BCUT2D eigenvalue weighted by Gasteiger charge is 2.48. The zero-order chi connectivity index (χ0) is 26.4. The minimum atomic E-state index is -0.775. The van der Waals surface area contributed by atoms with Crippen LogP contribution in [0.3, 0.4) is 0 Å². The van der Waals surface area contributed by atoms with Crippen LogP contribution in [0.5, 0.6) is 5.75 Å². The molecule has 5 rings (SSSR count). The molecule has 10 heteroatoms. The van der Waals surface area contributed by atoms with Gasteiger partial charge in [0, 0.05) is 30.7 Å². The number of benzene rings is 2. The molecule has 0 N–H and O–H groups in total. The van der Waals surface area contributed by atoms with Crippen molar-refractivity contribution in [2.24, 2.45) is 17.8 Å². The molecule has 2 aliphatic heterocycles. The summed E-state index contributed by atoms with van der Waals surface area (Å²) >= 11 is 0. The summed E-state index contributed by atoms with van der Waals surface area (Å²) in [5.74, 6) is -2.86. The number of nitro groups is 1. The Morgan fingerprint density at radius 3 is 2.51 bits per heavy atom. The van der Waals surface area contributed by atoms with E-state index in [-0.39, 0.29) is 54.0 Å². The lowest BCUT2D eigenvalue weighted by molar-refractivity contribution is -0.385. The lowest BCUT2D eigenvalue weighted by Crippen LogP contribution is -2.31. The average molecular weight is 504 g/mol. The van der Waals surface area contributed by atoms with Crippen molar-refractivity contribution in [1.82, 2.24) is 0 Å². The molecule has 0 bridgehead atoms.